The molecule has 3 rings (SSSR count). The number of carboxylic acids is 1. The second kappa shape index (κ2) is 11.2. The summed E-state index contributed by atoms with van der Waals surface area (Å²) in [6, 6.07) is 5.98. The van der Waals surface area contributed by atoms with Crippen molar-refractivity contribution in [1.82, 2.24) is 9.80 Å². The normalized spacial score (nSPS) is 25.5. The van der Waals surface area contributed by atoms with E-state index in [1.807, 2.05) is 31.1 Å². The molecule has 4 atom stereocenters. The van der Waals surface area contributed by atoms with Crippen LogP contribution in [0.1, 0.15) is 37.7 Å². The fourth-order valence-corrected chi connectivity index (χ4v) is 5.27. The number of likely N-dealkylation sites (tertiary alicyclic amines) is 1. The number of aliphatic carboxylic acids is 1. The van der Waals surface area contributed by atoms with Gasteiger partial charge < -0.3 is 19.3 Å². The van der Waals surface area contributed by atoms with Crippen molar-refractivity contribution in [2.75, 3.05) is 48.0 Å². The maximum absolute atomic E-state index is 11.7. The van der Waals surface area contributed by atoms with Crippen molar-refractivity contribution in [2.24, 2.45) is 5.92 Å². The predicted molar refractivity (Wildman–Crippen MR) is 120 cm³/mol. The summed E-state index contributed by atoms with van der Waals surface area (Å²) in [6.45, 7) is 2.47. The zero-order valence-electron chi connectivity index (χ0n) is 19.4. The molecule has 1 aliphatic carbocycles. The maximum Gasteiger partial charge on any atom is 0.321 e. The molecule has 1 heterocycles. The molecule has 0 spiro atoms. The molecular formula is C24H38N2O5. The van der Waals surface area contributed by atoms with Crippen LogP contribution in [0, 0.1) is 5.92 Å². The van der Waals surface area contributed by atoms with Crippen LogP contribution in [-0.2, 0) is 16.0 Å². The molecule has 31 heavy (non-hydrogen) atoms. The van der Waals surface area contributed by atoms with Crippen LogP contribution in [0.5, 0.6) is 11.5 Å². The van der Waals surface area contributed by atoms with E-state index in [2.05, 4.69) is 11.0 Å². The van der Waals surface area contributed by atoms with Gasteiger partial charge in [0.05, 0.1) is 26.9 Å². The van der Waals surface area contributed by atoms with Gasteiger partial charge in [-0.25, -0.2) is 0 Å². The van der Waals surface area contributed by atoms with Crippen LogP contribution in [-0.4, -0.2) is 87.1 Å². The lowest BCUT2D eigenvalue weighted by molar-refractivity contribution is -0.144. The van der Waals surface area contributed by atoms with Crippen molar-refractivity contribution < 1.29 is 24.1 Å². The highest BCUT2D eigenvalue weighted by molar-refractivity contribution is 5.74. The molecule has 2 fully saturated rings. The van der Waals surface area contributed by atoms with Gasteiger partial charge in [0.2, 0.25) is 0 Å². The molecule has 7 heteroatoms. The van der Waals surface area contributed by atoms with E-state index in [9.17, 15) is 9.90 Å². The number of carboxylic acid groups (broad SMARTS) is 1. The molecule has 2 unspecified atom stereocenters. The summed E-state index contributed by atoms with van der Waals surface area (Å²) >= 11 is 0. The summed E-state index contributed by atoms with van der Waals surface area (Å²) in [5.41, 5.74) is 1.17. The molecule has 1 saturated carbocycles. The lowest BCUT2D eigenvalue weighted by Crippen LogP contribution is -2.48. The smallest absolute Gasteiger partial charge is 0.321 e. The van der Waals surface area contributed by atoms with Gasteiger partial charge in [-0.3, -0.25) is 14.6 Å². The Bertz CT molecular complexity index is 726. The topological polar surface area (TPSA) is 71.5 Å². The van der Waals surface area contributed by atoms with E-state index in [0.29, 0.717) is 12.6 Å². The first-order chi connectivity index (χ1) is 14.9. The first-order valence-corrected chi connectivity index (χ1v) is 11.4. The van der Waals surface area contributed by atoms with Crippen molar-refractivity contribution >= 4 is 5.97 Å². The van der Waals surface area contributed by atoms with E-state index >= 15 is 0 Å². The van der Waals surface area contributed by atoms with Gasteiger partial charge in [-0.2, -0.15) is 0 Å². The number of hydrogen-bond donors (Lipinski definition) is 1. The largest absolute Gasteiger partial charge is 0.493 e. The lowest BCUT2D eigenvalue weighted by atomic mass is 9.91. The van der Waals surface area contributed by atoms with Crippen LogP contribution in [0.25, 0.3) is 0 Å². The van der Waals surface area contributed by atoms with Crippen LogP contribution < -0.4 is 9.47 Å². The molecular weight excluding hydrogens is 396 g/mol. The number of benzene rings is 1. The molecule has 7 nitrogen and oxygen atoms in total. The minimum Gasteiger partial charge on any atom is -0.493 e. The molecule has 0 bridgehead atoms. The molecule has 2 aliphatic rings. The monoisotopic (exact) mass is 434 g/mol. The molecule has 1 N–H and O–H groups in total. The number of hydrogen-bond acceptors (Lipinski definition) is 6. The Labute approximate surface area is 186 Å². The molecule has 1 saturated heterocycles. The van der Waals surface area contributed by atoms with E-state index < -0.39 is 12.0 Å². The summed E-state index contributed by atoms with van der Waals surface area (Å²) in [7, 11) is 7.02. The fraction of sp³-hybridized carbons (Fsp3) is 0.708. The van der Waals surface area contributed by atoms with Gasteiger partial charge in [-0.1, -0.05) is 18.9 Å². The predicted octanol–water partition coefficient (Wildman–Crippen LogP) is 2.91. The van der Waals surface area contributed by atoms with E-state index in [1.54, 1.807) is 14.2 Å². The fourth-order valence-electron chi connectivity index (χ4n) is 5.27. The Morgan fingerprint density at radius 2 is 1.90 bits per heavy atom. The van der Waals surface area contributed by atoms with Crippen molar-refractivity contribution in [3.63, 3.8) is 0 Å². The number of nitrogens with zero attached hydrogens (tertiary/aromatic N) is 2. The molecule has 1 aliphatic heterocycles. The van der Waals surface area contributed by atoms with Crippen LogP contribution in [0.3, 0.4) is 0 Å². The van der Waals surface area contributed by atoms with E-state index in [0.717, 1.165) is 50.3 Å². The van der Waals surface area contributed by atoms with Crippen LogP contribution >= 0.6 is 0 Å². The van der Waals surface area contributed by atoms with Gasteiger partial charge in [-0.05, 0) is 69.9 Å². The van der Waals surface area contributed by atoms with Gasteiger partial charge in [0.25, 0.3) is 0 Å². The quantitative estimate of drug-likeness (QED) is 0.607. The number of carbonyl (C=O) groups is 1. The summed E-state index contributed by atoms with van der Waals surface area (Å²) in [6.07, 6.45) is 6.61. The summed E-state index contributed by atoms with van der Waals surface area (Å²) in [4.78, 5) is 16.1. The second-order valence-corrected chi connectivity index (χ2v) is 8.99. The van der Waals surface area contributed by atoms with Gasteiger partial charge >= 0.3 is 5.97 Å². The standard InChI is InChI=1S/C24H38N2O5/c1-25(2)23(24(27)28)18-11-13-26(16-18)19-7-5-6-8-20(19)31-14-12-17-9-10-21(29-3)22(15-17)30-4/h9-10,15,18-20,23H,5-8,11-14,16H2,1-4H3,(H,27,28)/t18?,19-,20-,23?/m0/s1. The zero-order chi connectivity index (χ0) is 22.4. The summed E-state index contributed by atoms with van der Waals surface area (Å²) in [5, 5.41) is 9.65. The van der Waals surface area contributed by atoms with E-state index in [4.69, 9.17) is 14.2 Å². The Hall–Kier alpha value is -1.83. The highest BCUT2D eigenvalue weighted by atomic mass is 16.5. The third-order valence-electron chi connectivity index (χ3n) is 6.82. The molecule has 0 aromatic heterocycles. The van der Waals surface area contributed by atoms with Crippen molar-refractivity contribution in [3.8, 4) is 11.5 Å². The van der Waals surface area contributed by atoms with Crippen molar-refractivity contribution in [2.45, 2.75) is 56.7 Å². The first-order valence-electron chi connectivity index (χ1n) is 11.4. The average molecular weight is 435 g/mol. The van der Waals surface area contributed by atoms with Crippen LogP contribution in [0.15, 0.2) is 18.2 Å². The number of likely N-dealkylation sites (N-methyl/N-ethyl adjacent to an activating group) is 1. The molecule has 0 radical (unpaired) electrons. The lowest BCUT2D eigenvalue weighted by Gasteiger charge is -2.38. The van der Waals surface area contributed by atoms with Crippen LogP contribution in [0.2, 0.25) is 0 Å². The Morgan fingerprint density at radius 3 is 2.58 bits per heavy atom. The Balaban J connectivity index is 1.56. The van der Waals surface area contributed by atoms with E-state index in [1.165, 1.54) is 18.4 Å². The number of ether oxygens (including phenoxy) is 3. The molecule has 1 aromatic carbocycles. The van der Waals surface area contributed by atoms with Gasteiger partial charge in [0, 0.05) is 12.6 Å². The number of methoxy groups -OCH3 is 2. The Morgan fingerprint density at radius 1 is 1.16 bits per heavy atom. The average Bonchev–Trinajstić information content (AvgIpc) is 3.22. The first kappa shape index (κ1) is 23.8. The molecule has 174 valence electrons. The summed E-state index contributed by atoms with van der Waals surface area (Å²) < 4.78 is 17.1. The SMILES string of the molecule is COc1ccc(CCO[C@H]2CCCC[C@@H]2N2CCC(C(C(=O)O)N(C)C)C2)cc1OC. The van der Waals surface area contributed by atoms with E-state index in [-0.39, 0.29) is 12.0 Å². The zero-order valence-corrected chi connectivity index (χ0v) is 19.4. The molecule has 0 amide bonds. The molecule has 1 aromatic rings. The van der Waals surface area contributed by atoms with Gasteiger partial charge in [-0.15, -0.1) is 0 Å². The van der Waals surface area contributed by atoms with Crippen molar-refractivity contribution in [1.29, 1.82) is 0 Å². The highest BCUT2D eigenvalue weighted by Gasteiger charge is 2.40. The van der Waals surface area contributed by atoms with Gasteiger partial charge in [0.15, 0.2) is 11.5 Å². The Kier molecular flexibility index (Phi) is 8.58. The number of rotatable bonds is 10. The summed E-state index contributed by atoms with van der Waals surface area (Å²) in [5.74, 6) is 0.929. The van der Waals surface area contributed by atoms with Gasteiger partial charge in [0.1, 0.15) is 6.04 Å². The highest BCUT2D eigenvalue weighted by Crippen LogP contribution is 2.32. The maximum atomic E-state index is 11.7. The third-order valence-corrected chi connectivity index (χ3v) is 6.82. The van der Waals surface area contributed by atoms with Crippen molar-refractivity contribution in [3.05, 3.63) is 23.8 Å². The minimum atomic E-state index is -0.719. The minimum absolute atomic E-state index is 0.168. The van der Waals surface area contributed by atoms with Crippen LogP contribution in [0.4, 0.5) is 0 Å². The second-order valence-electron chi connectivity index (χ2n) is 8.99. The third kappa shape index (κ3) is 5.90.